The normalized spacial score (nSPS) is 12.0. The standard InChI is InChI=1S/C13H22N4O/c1-10(4-6-14)9-16-11-5-7-15-12(8-11)13(18)17(2)3/h5,7-8,10H,4,6,9,14H2,1-3H3,(H,15,16). The first kappa shape index (κ1) is 14.4. The molecule has 1 amide bonds. The Balaban J connectivity index is 2.62. The molecule has 0 radical (unpaired) electrons. The third kappa shape index (κ3) is 4.33. The van der Waals surface area contributed by atoms with Crippen LogP contribution in [0.2, 0.25) is 0 Å². The summed E-state index contributed by atoms with van der Waals surface area (Å²) in [5.41, 5.74) is 6.88. The Bertz CT molecular complexity index is 392. The van der Waals surface area contributed by atoms with E-state index in [9.17, 15) is 4.79 Å². The average molecular weight is 250 g/mol. The predicted octanol–water partition coefficient (Wildman–Crippen LogP) is 1.18. The first-order chi connectivity index (χ1) is 8.54. The summed E-state index contributed by atoms with van der Waals surface area (Å²) in [4.78, 5) is 17.3. The van der Waals surface area contributed by atoms with E-state index in [-0.39, 0.29) is 5.91 Å². The first-order valence-corrected chi connectivity index (χ1v) is 6.16. The van der Waals surface area contributed by atoms with Gasteiger partial charge in [-0.1, -0.05) is 6.92 Å². The summed E-state index contributed by atoms with van der Waals surface area (Å²) in [5.74, 6) is 0.421. The van der Waals surface area contributed by atoms with Crippen molar-refractivity contribution in [2.24, 2.45) is 11.7 Å². The Kier molecular flexibility index (Phi) is 5.58. The molecule has 0 aromatic carbocycles. The highest BCUT2D eigenvalue weighted by Crippen LogP contribution is 2.11. The molecule has 0 aliphatic heterocycles. The fourth-order valence-electron chi connectivity index (χ4n) is 1.57. The molecule has 100 valence electrons. The fraction of sp³-hybridized carbons (Fsp3) is 0.538. The van der Waals surface area contributed by atoms with Gasteiger partial charge in [0.05, 0.1) is 0 Å². The maximum Gasteiger partial charge on any atom is 0.272 e. The van der Waals surface area contributed by atoms with Gasteiger partial charge in [0, 0.05) is 32.5 Å². The molecule has 0 bridgehead atoms. The quantitative estimate of drug-likeness (QED) is 0.795. The minimum atomic E-state index is -0.0892. The highest BCUT2D eigenvalue weighted by molar-refractivity contribution is 5.92. The van der Waals surface area contributed by atoms with Gasteiger partial charge in [-0.05, 0) is 31.0 Å². The van der Waals surface area contributed by atoms with Crippen molar-refractivity contribution in [3.63, 3.8) is 0 Å². The molecule has 5 nitrogen and oxygen atoms in total. The molecule has 0 aliphatic carbocycles. The van der Waals surface area contributed by atoms with E-state index in [1.807, 2.05) is 6.07 Å². The van der Waals surface area contributed by atoms with Gasteiger partial charge < -0.3 is 16.0 Å². The maximum absolute atomic E-state index is 11.8. The van der Waals surface area contributed by atoms with Crippen molar-refractivity contribution in [3.05, 3.63) is 24.0 Å². The number of carbonyl (C=O) groups is 1. The van der Waals surface area contributed by atoms with Gasteiger partial charge in [-0.25, -0.2) is 0 Å². The van der Waals surface area contributed by atoms with Crippen LogP contribution in [0.5, 0.6) is 0 Å². The molecule has 0 saturated carbocycles. The van der Waals surface area contributed by atoms with Crippen LogP contribution < -0.4 is 11.1 Å². The van der Waals surface area contributed by atoms with Crippen LogP contribution >= 0.6 is 0 Å². The summed E-state index contributed by atoms with van der Waals surface area (Å²) in [7, 11) is 3.43. The second kappa shape index (κ2) is 6.96. The zero-order valence-electron chi connectivity index (χ0n) is 11.3. The molecule has 1 unspecified atom stereocenters. The molecule has 1 rings (SSSR count). The third-order valence-electron chi connectivity index (χ3n) is 2.70. The highest BCUT2D eigenvalue weighted by Gasteiger charge is 2.10. The summed E-state index contributed by atoms with van der Waals surface area (Å²) in [5, 5.41) is 3.30. The van der Waals surface area contributed by atoms with Crippen molar-refractivity contribution >= 4 is 11.6 Å². The molecular formula is C13H22N4O. The van der Waals surface area contributed by atoms with Crippen LogP contribution in [0.15, 0.2) is 18.3 Å². The number of aromatic nitrogens is 1. The Morgan fingerprint density at radius 2 is 2.28 bits per heavy atom. The molecule has 0 fully saturated rings. The molecule has 1 atom stereocenters. The first-order valence-electron chi connectivity index (χ1n) is 6.16. The molecule has 1 aromatic heterocycles. The molecule has 5 heteroatoms. The Labute approximate surface area is 108 Å². The van der Waals surface area contributed by atoms with E-state index >= 15 is 0 Å². The summed E-state index contributed by atoms with van der Waals surface area (Å²) in [6.07, 6.45) is 2.63. The van der Waals surface area contributed by atoms with Crippen LogP contribution in [0.3, 0.4) is 0 Å². The molecular weight excluding hydrogens is 228 g/mol. The van der Waals surface area contributed by atoms with Crippen molar-refractivity contribution < 1.29 is 4.79 Å². The number of nitrogens with zero attached hydrogens (tertiary/aromatic N) is 2. The van der Waals surface area contributed by atoms with E-state index in [1.54, 1.807) is 26.4 Å². The van der Waals surface area contributed by atoms with Gasteiger partial charge in [-0.15, -0.1) is 0 Å². The molecule has 1 aromatic rings. The lowest BCUT2D eigenvalue weighted by molar-refractivity contribution is 0.0822. The number of anilines is 1. The number of pyridine rings is 1. The van der Waals surface area contributed by atoms with Gasteiger partial charge in [-0.2, -0.15) is 0 Å². The number of nitrogens with two attached hydrogens (primary N) is 1. The zero-order valence-corrected chi connectivity index (χ0v) is 11.3. The van der Waals surface area contributed by atoms with E-state index in [2.05, 4.69) is 17.2 Å². The Morgan fingerprint density at radius 1 is 1.56 bits per heavy atom. The van der Waals surface area contributed by atoms with E-state index in [4.69, 9.17) is 5.73 Å². The lowest BCUT2D eigenvalue weighted by atomic mass is 10.1. The lowest BCUT2D eigenvalue weighted by Crippen LogP contribution is -2.23. The van der Waals surface area contributed by atoms with Gasteiger partial charge in [0.2, 0.25) is 0 Å². The van der Waals surface area contributed by atoms with Crippen LogP contribution in [0.4, 0.5) is 5.69 Å². The molecule has 18 heavy (non-hydrogen) atoms. The highest BCUT2D eigenvalue weighted by atomic mass is 16.2. The zero-order chi connectivity index (χ0) is 13.5. The van der Waals surface area contributed by atoms with Crippen LogP contribution in [-0.4, -0.2) is 43.0 Å². The molecule has 0 saturated heterocycles. The van der Waals surface area contributed by atoms with Crippen molar-refractivity contribution in [2.45, 2.75) is 13.3 Å². The SMILES string of the molecule is CC(CCN)CNc1ccnc(C(=O)N(C)C)c1. The largest absolute Gasteiger partial charge is 0.385 e. The predicted molar refractivity (Wildman–Crippen MR) is 73.6 cm³/mol. The molecule has 1 heterocycles. The smallest absolute Gasteiger partial charge is 0.272 e. The van der Waals surface area contributed by atoms with Crippen LogP contribution in [0.25, 0.3) is 0 Å². The maximum atomic E-state index is 11.8. The average Bonchev–Trinajstić information content (AvgIpc) is 2.36. The Hall–Kier alpha value is -1.62. The molecule has 0 spiro atoms. The number of hydrogen-bond donors (Lipinski definition) is 2. The van der Waals surface area contributed by atoms with Crippen molar-refractivity contribution in [1.82, 2.24) is 9.88 Å². The fourth-order valence-corrected chi connectivity index (χ4v) is 1.57. The summed E-state index contributed by atoms with van der Waals surface area (Å²) >= 11 is 0. The van der Waals surface area contributed by atoms with E-state index in [1.165, 1.54) is 4.90 Å². The van der Waals surface area contributed by atoms with Gasteiger partial charge in [0.1, 0.15) is 5.69 Å². The summed E-state index contributed by atoms with van der Waals surface area (Å²) < 4.78 is 0. The molecule has 0 aliphatic rings. The monoisotopic (exact) mass is 250 g/mol. The topological polar surface area (TPSA) is 71.2 Å². The minimum absolute atomic E-state index is 0.0892. The van der Waals surface area contributed by atoms with Crippen molar-refractivity contribution in [2.75, 3.05) is 32.5 Å². The van der Waals surface area contributed by atoms with Gasteiger partial charge >= 0.3 is 0 Å². The van der Waals surface area contributed by atoms with Gasteiger partial charge in [0.25, 0.3) is 5.91 Å². The van der Waals surface area contributed by atoms with Crippen LogP contribution in [0, 0.1) is 5.92 Å². The van der Waals surface area contributed by atoms with Crippen LogP contribution in [-0.2, 0) is 0 Å². The van der Waals surface area contributed by atoms with Crippen LogP contribution in [0.1, 0.15) is 23.8 Å². The number of nitrogens with one attached hydrogen (secondary N) is 1. The second-order valence-corrected chi connectivity index (χ2v) is 4.69. The van der Waals surface area contributed by atoms with Gasteiger partial charge in [0.15, 0.2) is 0 Å². The number of hydrogen-bond acceptors (Lipinski definition) is 4. The lowest BCUT2D eigenvalue weighted by Gasteiger charge is -2.14. The summed E-state index contributed by atoms with van der Waals surface area (Å²) in [6, 6.07) is 3.64. The van der Waals surface area contributed by atoms with Crippen molar-refractivity contribution in [1.29, 1.82) is 0 Å². The van der Waals surface area contributed by atoms with Crippen molar-refractivity contribution in [3.8, 4) is 0 Å². The number of carbonyl (C=O) groups excluding carboxylic acids is 1. The van der Waals surface area contributed by atoms with E-state index < -0.39 is 0 Å². The minimum Gasteiger partial charge on any atom is -0.385 e. The number of rotatable bonds is 6. The Morgan fingerprint density at radius 3 is 2.89 bits per heavy atom. The molecule has 3 N–H and O–H groups in total. The third-order valence-corrected chi connectivity index (χ3v) is 2.70. The van der Waals surface area contributed by atoms with E-state index in [0.717, 1.165) is 18.7 Å². The summed E-state index contributed by atoms with van der Waals surface area (Å²) in [6.45, 7) is 3.69. The van der Waals surface area contributed by atoms with Gasteiger partial charge in [-0.3, -0.25) is 9.78 Å². The second-order valence-electron chi connectivity index (χ2n) is 4.69. The van der Waals surface area contributed by atoms with E-state index in [0.29, 0.717) is 18.2 Å². The number of amides is 1.